The van der Waals surface area contributed by atoms with Crippen LogP contribution in [0, 0.1) is 6.92 Å². The van der Waals surface area contributed by atoms with Crippen LogP contribution in [-0.4, -0.2) is 26.1 Å². The van der Waals surface area contributed by atoms with Crippen LogP contribution in [0.25, 0.3) is 0 Å². The van der Waals surface area contributed by atoms with E-state index < -0.39 is 0 Å². The molecule has 2 aromatic rings. The Hall–Kier alpha value is -2.15. The Labute approximate surface area is 105 Å². The summed E-state index contributed by atoms with van der Waals surface area (Å²) in [6.07, 6.45) is 3.84. The zero-order chi connectivity index (χ0) is 12.5. The van der Waals surface area contributed by atoms with Gasteiger partial charge in [0.05, 0.1) is 6.54 Å². The summed E-state index contributed by atoms with van der Waals surface area (Å²) in [5.74, 6) is 7.75. The summed E-state index contributed by atoms with van der Waals surface area (Å²) < 4.78 is 2.16. The molecule has 0 amide bonds. The Bertz CT molecular complexity index is 562. The number of imidazole rings is 1. The molecule has 0 bridgehead atoms. The third-order valence-electron chi connectivity index (χ3n) is 3.04. The van der Waals surface area contributed by atoms with Crippen LogP contribution in [0.15, 0.2) is 18.5 Å². The SMILES string of the molecule is Cc1cc(N2CCn3ccnc3C2)nc(NN)n1. The van der Waals surface area contributed by atoms with E-state index in [1.54, 1.807) is 0 Å². The average molecular weight is 245 g/mol. The van der Waals surface area contributed by atoms with E-state index >= 15 is 0 Å². The number of rotatable bonds is 2. The summed E-state index contributed by atoms with van der Waals surface area (Å²) in [5, 5.41) is 0. The first kappa shape index (κ1) is 11.0. The largest absolute Gasteiger partial charge is 0.347 e. The fraction of sp³-hybridized carbons (Fsp3) is 0.364. The molecule has 7 nitrogen and oxygen atoms in total. The van der Waals surface area contributed by atoms with Gasteiger partial charge < -0.3 is 9.47 Å². The second-order valence-electron chi connectivity index (χ2n) is 4.29. The highest BCUT2D eigenvalue weighted by molar-refractivity contribution is 5.44. The highest BCUT2D eigenvalue weighted by Crippen LogP contribution is 2.19. The predicted octanol–water partition coefficient (Wildman–Crippen LogP) is 0.287. The quantitative estimate of drug-likeness (QED) is 0.584. The van der Waals surface area contributed by atoms with E-state index in [0.29, 0.717) is 5.95 Å². The molecule has 0 saturated carbocycles. The van der Waals surface area contributed by atoms with Crippen molar-refractivity contribution in [3.05, 3.63) is 30.0 Å². The van der Waals surface area contributed by atoms with Gasteiger partial charge in [-0.25, -0.2) is 15.8 Å². The predicted molar refractivity (Wildman–Crippen MR) is 67.9 cm³/mol. The molecule has 0 atom stereocenters. The molecule has 3 rings (SSSR count). The number of hydrazine groups is 1. The number of nitrogens with two attached hydrogens (primary N) is 1. The Morgan fingerprint density at radius 3 is 3.06 bits per heavy atom. The molecular weight excluding hydrogens is 230 g/mol. The number of hydrogen-bond acceptors (Lipinski definition) is 6. The van der Waals surface area contributed by atoms with Gasteiger partial charge in [0.2, 0.25) is 5.95 Å². The van der Waals surface area contributed by atoms with Gasteiger partial charge in [-0.2, -0.15) is 4.98 Å². The van der Waals surface area contributed by atoms with Crippen molar-refractivity contribution >= 4 is 11.8 Å². The molecule has 0 radical (unpaired) electrons. The molecular formula is C11H15N7. The van der Waals surface area contributed by atoms with Crippen molar-refractivity contribution in [2.45, 2.75) is 20.0 Å². The minimum absolute atomic E-state index is 0.443. The van der Waals surface area contributed by atoms with Crippen LogP contribution in [-0.2, 0) is 13.1 Å². The lowest BCUT2D eigenvalue weighted by Gasteiger charge is -2.28. The number of hydrogen-bond donors (Lipinski definition) is 2. The van der Waals surface area contributed by atoms with E-state index in [0.717, 1.165) is 37.0 Å². The van der Waals surface area contributed by atoms with Gasteiger partial charge in [-0.1, -0.05) is 0 Å². The lowest BCUT2D eigenvalue weighted by molar-refractivity contribution is 0.556. The van der Waals surface area contributed by atoms with Gasteiger partial charge >= 0.3 is 0 Å². The van der Waals surface area contributed by atoms with E-state index in [4.69, 9.17) is 5.84 Å². The van der Waals surface area contributed by atoms with Gasteiger partial charge in [0.15, 0.2) is 0 Å². The van der Waals surface area contributed by atoms with E-state index in [1.807, 2.05) is 25.4 Å². The lowest BCUT2D eigenvalue weighted by atomic mass is 10.3. The molecule has 94 valence electrons. The van der Waals surface area contributed by atoms with E-state index in [-0.39, 0.29) is 0 Å². The second kappa shape index (κ2) is 4.26. The van der Waals surface area contributed by atoms with Gasteiger partial charge in [-0.05, 0) is 6.92 Å². The van der Waals surface area contributed by atoms with Crippen molar-refractivity contribution in [2.24, 2.45) is 5.84 Å². The molecule has 0 saturated heterocycles. The normalized spacial score (nSPS) is 14.4. The molecule has 1 aliphatic heterocycles. The van der Waals surface area contributed by atoms with Gasteiger partial charge in [0, 0.05) is 37.2 Å². The lowest BCUT2D eigenvalue weighted by Crippen LogP contribution is -2.34. The van der Waals surface area contributed by atoms with Crippen molar-refractivity contribution in [3.8, 4) is 0 Å². The van der Waals surface area contributed by atoms with Gasteiger partial charge in [-0.3, -0.25) is 5.43 Å². The topological polar surface area (TPSA) is 84.9 Å². The number of anilines is 2. The highest BCUT2D eigenvalue weighted by atomic mass is 15.3. The molecule has 3 heterocycles. The standard InChI is InChI=1S/C11H15N7/c1-8-6-9(15-11(14-8)16-12)18-5-4-17-3-2-13-10(17)7-18/h2-3,6H,4-5,7,12H2,1H3,(H,14,15,16). The summed E-state index contributed by atoms with van der Waals surface area (Å²) in [5.41, 5.74) is 3.38. The van der Waals surface area contributed by atoms with Crippen LogP contribution >= 0.6 is 0 Å². The number of nitrogen functional groups attached to an aromatic ring is 1. The van der Waals surface area contributed by atoms with Gasteiger partial charge in [0.1, 0.15) is 11.6 Å². The first-order valence-corrected chi connectivity index (χ1v) is 5.83. The highest BCUT2D eigenvalue weighted by Gasteiger charge is 2.18. The van der Waals surface area contributed by atoms with E-state index in [1.165, 1.54) is 0 Å². The smallest absolute Gasteiger partial charge is 0.239 e. The summed E-state index contributed by atoms with van der Waals surface area (Å²) in [6.45, 7) is 4.51. The molecule has 1 aliphatic rings. The van der Waals surface area contributed by atoms with Crippen molar-refractivity contribution < 1.29 is 0 Å². The Morgan fingerprint density at radius 1 is 1.33 bits per heavy atom. The van der Waals surface area contributed by atoms with Gasteiger partial charge in [-0.15, -0.1) is 0 Å². The molecule has 0 aromatic carbocycles. The van der Waals surface area contributed by atoms with Gasteiger partial charge in [0.25, 0.3) is 0 Å². The first-order chi connectivity index (χ1) is 8.76. The number of aryl methyl sites for hydroxylation is 1. The summed E-state index contributed by atoms with van der Waals surface area (Å²) in [7, 11) is 0. The molecule has 3 N–H and O–H groups in total. The molecule has 0 unspecified atom stereocenters. The van der Waals surface area contributed by atoms with Crippen LogP contribution in [0.2, 0.25) is 0 Å². The summed E-state index contributed by atoms with van der Waals surface area (Å²) in [4.78, 5) is 15.1. The molecule has 0 spiro atoms. The zero-order valence-electron chi connectivity index (χ0n) is 10.2. The minimum atomic E-state index is 0.443. The van der Waals surface area contributed by atoms with E-state index in [9.17, 15) is 0 Å². The third kappa shape index (κ3) is 1.88. The maximum absolute atomic E-state index is 5.37. The molecule has 7 heteroatoms. The number of aromatic nitrogens is 4. The fourth-order valence-electron chi connectivity index (χ4n) is 2.15. The van der Waals surface area contributed by atoms with E-state index in [2.05, 4.69) is 29.8 Å². The van der Waals surface area contributed by atoms with Crippen molar-refractivity contribution in [1.82, 2.24) is 19.5 Å². The Morgan fingerprint density at radius 2 is 2.22 bits per heavy atom. The fourth-order valence-corrected chi connectivity index (χ4v) is 2.15. The van der Waals surface area contributed by atoms with Crippen LogP contribution in [0.3, 0.4) is 0 Å². The molecule has 0 aliphatic carbocycles. The van der Waals surface area contributed by atoms with Crippen LogP contribution in [0.5, 0.6) is 0 Å². The molecule has 2 aromatic heterocycles. The van der Waals surface area contributed by atoms with Crippen LogP contribution < -0.4 is 16.2 Å². The Kier molecular flexibility index (Phi) is 2.60. The van der Waals surface area contributed by atoms with Crippen LogP contribution in [0.1, 0.15) is 11.5 Å². The minimum Gasteiger partial charge on any atom is -0.347 e. The number of nitrogens with one attached hydrogen (secondary N) is 1. The molecule has 0 fully saturated rings. The molecule has 18 heavy (non-hydrogen) atoms. The Balaban J connectivity index is 1.90. The summed E-state index contributed by atoms with van der Waals surface area (Å²) in [6, 6.07) is 1.96. The maximum Gasteiger partial charge on any atom is 0.239 e. The third-order valence-corrected chi connectivity index (χ3v) is 3.04. The average Bonchev–Trinajstić information content (AvgIpc) is 2.85. The van der Waals surface area contributed by atoms with Crippen molar-refractivity contribution in [3.63, 3.8) is 0 Å². The zero-order valence-corrected chi connectivity index (χ0v) is 10.2. The number of fused-ring (bicyclic) bond motifs is 1. The van der Waals surface area contributed by atoms with Crippen molar-refractivity contribution in [2.75, 3.05) is 16.9 Å². The maximum atomic E-state index is 5.37. The van der Waals surface area contributed by atoms with Crippen LogP contribution in [0.4, 0.5) is 11.8 Å². The first-order valence-electron chi connectivity index (χ1n) is 5.83. The summed E-state index contributed by atoms with van der Waals surface area (Å²) >= 11 is 0. The number of nitrogens with zero attached hydrogens (tertiary/aromatic N) is 5. The second-order valence-corrected chi connectivity index (χ2v) is 4.29. The van der Waals surface area contributed by atoms with Crippen molar-refractivity contribution in [1.29, 1.82) is 0 Å². The monoisotopic (exact) mass is 245 g/mol.